The standard InChI is InChI=1S/C13H19ClFNO/c1-10(2)16-6-3-7-17-9-11-8-12(14)4-5-13(11)15/h4-5,8,10,16H,3,6-7,9H2,1-2H3. The number of hydrogen-bond donors (Lipinski definition) is 1. The molecule has 1 aromatic carbocycles. The molecule has 96 valence electrons. The van der Waals surface area contributed by atoms with E-state index >= 15 is 0 Å². The number of nitrogens with one attached hydrogen (secondary N) is 1. The Bertz CT molecular complexity index is 344. The third-order valence-corrected chi connectivity index (χ3v) is 2.52. The molecule has 1 rings (SSSR count). The third kappa shape index (κ3) is 6.01. The Morgan fingerprint density at radius 3 is 2.88 bits per heavy atom. The van der Waals surface area contributed by atoms with Gasteiger partial charge in [0, 0.05) is 23.2 Å². The molecule has 0 aromatic heterocycles. The van der Waals surface area contributed by atoms with E-state index in [0.717, 1.165) is 13.0 Å². The number of rotatable bonds is 7. The first-order valence-corrected chi connectivity index (χ1v) is 6.22. The van der Waals surface area contributed by atoms with Crippen LogP contribution in [0.1, 0.15) is 25.8 Å². The highest BCUT2D eigenvalue weighted by molar-refractivity contribution is 6.30. The molecule has 0 fully saturated rings. The number of ether oxygens (including phenoxy) is 1. The fraction of sp³-hybridized carbons (Fsp3) is 0.538. The van der Waals surface area contributed by atoms with Crippen LogP contribution < -0.4 is 5.32 Å². The van der Waals surface area contributed by atoms with Crippen LogP contribution in [-0.2, 0) is 11.3 Å². The molecule has 0 atom stereocenters. The molecule has 0 amide bonds. The second-order valence-corrected chi connectivity index (χ2v) is 4.69. The van der Waals surface area contributed by atoms with Gasteiger partial charge in [-0.3, -0.25) is 0 Å². The maximum Gasteiger partial charge on any atom is 0.128 e. The summed E-state index contributed by atoms with van der Waals surface area (Å²) in [7, 11) is 0. The summed E-state index contributed by atoms with van der Waals surface area (Å²) in [6, 6.07) is 4.98. The Morgan fingerprint density at radius 2 is 2.18 bits per heavy atom. The van der Waals surface area contributed by atoms with Crippen LogP contribution in [0.2, 0.25) is 5.02 Å². The van der Waals surface area contributed by atoms with Gasteiger partial charge in [0.2, 0.25) is 0 Å². The maximum atomic E-state index is 13.3. The van der Waals surface area contributed by atoms with Crippen molar-refractivity contribution in [2.75, 3.05) is 13.2 Å². The molecule has 0 heterocycles. The second-order valence-electron chi connectivity index (χ2n) is 4.25. The summed E-state index contributed by atoms with van der Waals surface area (Å²) >= 11 is 5.78. The monoisotopic (exact) mass is 259 g/mol. The third-order valence-electron chi connectivity index (χ3n) is 2.28. The Balaban J connectivity index is 2.20. The van der Waals surface area contributed by atoms with Crippen LogP contribution >= 0.6 is 11.6 Å². The van der Waals surface area contributed by atoms with E-state index < -0.39 is 0 Å². The lowest BCUT2D eigenvalue weighted by molar-refractivity contribution is 0.116. The van der Waals surface area contributed by atoms with E-state index in [2.05, 4.69) is 19.2 Å². The van der Waals surface area contributed by atoms with Crippen molar-refractivity contribution < 1.29 is 9.13 Å². The van der Waals surface area contributed by atoms with Gasteiger partial charge in [-0.05, 0) is 31.2 Å². The number of benzene rings is 1. The molecule has 0 saturated carbocycles. The summed E-state index contributed by atoms with van der Waals surface area (Å²) in [5.74, 6) is -0.269. The minimum atomic E-state index is -0.269. The largest absolute Gasteiger partial charge is 0.377 e. The van der Waals surface area contributed by atoms with Gasteiger partial charge in [0.05, 0.1) is 6.61 Å². The highest BCUT2D eigenvalue weighted by Gasteiger charge is 2.02. The predicted octanol–water partition coefficient (Wildman–Crippen LogP) is 3.38. The zero-order valence-electron chi connectivity index (χ0n) is 10.3. The molecule has 0 radical (unpaired) electrons. The predicted molar refractivity (Wildman–Crippen MR) is 68.8 cm³/mol. The SMILES string of the molecule is CC(C)NCCCOCc1cc(Cl)ccc1F. The van der Waals surface area contributed by atoms with Crippen molar-refractivity contribution in [1.82, 2.24) is 5.32 Å². The van der Waals surface area contributed by atoms with E-state index in [4.69, 9.17) is 16.3 Å². The van der Waals surface area contributed by atoms with Crippen LogP contribution in [0.25, 0.3) is 0 Å². The van der Waals surface area contributed by atoms with E-state index in [0.29, 0.717) is 23.2 Å². The normalized spacial score (nSPS) is 11.1. The van der Waals surface area contributed by atoms with Gasteiger partial charge in [0.15, 0.2) is 0 Å². The van der Waals surface area contributed by atoms with Crippen molar-refractivity contribution >= 4 is 11.6 Å². The topological polar surface area (TPSA) is 21.3 Å². The van der Waals surface area contributed by atoms with Crippen LogP contribution in [0.5, 0.6) is 0 Å². The van der Waals surface area contributed by atoms with E-state index in [9.17, 15) is 4.39 Å². The van der Waals surface area contributed by atoms with E-state index in [-0.39, 0.29) is 12.4 Å². The number of halogens is 2. The second kappa shape index (κ2) is 7.64. The summed E-state index contributed by atoms with van der Waals surface area (Å²) in [5.41, 5.74) is 0.509. The quantitative estimate of drug-likeness (QED) is 0.758. The molecule has 0 saturated heterocycles. The van der Waals surface area contributed by atoms with Gasteiger partial charge in [-0.15, -0.1) is 0 Å². The summed E-state index contributed by atoms with van der Waals surface area (Å²) in [5, 5.41) is 3.82. The Morgan fingerprint density at radius 1 is 1.41 bits per heavy atom. The molecule has 0 aliphatic rings. The van der Waals surface area contributed by atoms with Crippen molar-refractivity contribution in [3.8, 4) is 0 Å². The highest BCUT2D eigenvalue weighted by atomic mass is 35.5. The first-order valence-electron chi connectivity index (χ1n) is 5.84. The van der Waals surface area contributed by atoms with Crippen molar-refractivity contribution in [2.45, 2.75) is 32.9 Å². The van der Waals surface area contributed by atoms with Crippen molar-refractivity contribution in [3.63, 3.8) is 0 Å². The molecule has 1 aromatic rings. The van der Waals surface area contributed by atoms with Gasteiger partial charge in [-0.25, -0.2) is 4.39 Å². The lowest BCUT2D eigenvalue weighted by atomic mass is 10.2. The van der Waals surface area contributed by atoms with Gasteiger partial charge in [0.1, 0.15) is 5.82 Å². The minimum Gasteiger partial charge on any atom is -0.377 e. The lowest BCUT2D eigenvalue weighted by Gasteiger charge is -2.08. The zero-order chi connectivity index (χ0) is 12.7. The van der Waals surface area contributed by atoms with Gasteiger partial charge in [-0.1, -0.05) is 25.4 Å². The van der Waals surface area contributed by atoms with Crippen LogP contribution in [0.4, 0.5) is 4.39 Å². The first kappa shape index (κ1) is 14.4. The molecule has 2 nitrogen and oxygen atoms in total. The fourth-order valence-electron chi connectivity index (χ4n) is 1.40. The molecule has 17 heavy (non-hydrogen) atoms. The van der Waals surface area contributed by atoms with Crippen molar-refractivity contribution in [2.24, 2.45) is 0 Å². The van der Waals surface area contributed by atoms with Crippen LogP contribution in [0.15, 0.2) is 18.2 Å². The van der Waals surface area contributed by atoms with Crippen LogP contribution in [-0.4, -0.2) is 19.2 Å². The number of hydrogen-bond acceptors (Lipinski definition) is 2. The van der Waals surface area contributed by atoms with E-state index in [1.54, 1.807) is 6.07 Å². The fourth-order valence-corrected chi connectivity index (χ4v) is 1.60. The Kier molecular flexibility index (Phi) is 6.48. The lowest BCUT2D eigenvalue weighted by Crippen LogP contribution is -2.24. The molecular weight excluding hydrogens is 241 g/mol. The van der Waals surface area contributed by atoms with Crippen molar-refractivity contribution in [1.29, 1.82) is 0 Å². The average molecular weight is 260 g/mol. The molecule has 0 bridgehead atoms. The average Bonchev–Trinajstić information content (AvgIpc) is 2.27. The van der Waals surface area contributed by atoms with Gasteiger partial charge >= 0.3 is 0 Å². The zero-order valence-corrected chi connectivity index (χ0v) is 11.1. The van der Waals surface area contributed by atoms with E-state index in [1.807, 2.05) is 0 Å². The van der Waals surface area contributed by atoms with E-state index in [1.165, 1.54) is 12.1 Å². The smallest absolute Gasteiger partial charge is 0.128 e. The molecule has 0 spiro atoms. The summed E-state index contributed by atoms with van der Waals surface area (Å²) in [4.78, 5) is 0. The maximum absolute atomic E-state index is 13.3. The summed E-state index contributed by atoms with van der Waals surface area (Å²) < 4.78 is 18.7. The molecule has 0 unspecified atom stereocenters. The van der Waals surface area contributed by atoms with Gasteiger partial charge in [0.25, 0.3) is 0 Å². The molecule has 0 aliphatic carbocycles. The summed E-state index contributed by atoms with van der Waals surface area (Å²) in [6.45, 7) is 6.00. The first-order chi connectivity index (χ1) is 8.09. The molecule has 0 aliphatic heterocycles. The van der Waals surface area contributed by atoms with Crippen LogP contribution in [0, 0.1) is 5.82 Å². The highest BCUT2D eigenvalue weighted by Crippen LogP contribution is 2.15. The van der Waals surface area contributed by atoms with Gasteiger partial charge in [-0.2, -0.15) is 0 Å². The molecule has 4 heteroatoms. The Labute approximate surface area is 107 Å². The molecular formula is C13H19ClFNO. The van der Waals surface area contributed by atoms with Crippen molar-refractivity contribution in [3.05, 3.63) is 34.6 Å². The minimum absolute atomic E-state index is 0.269. The summed E-state index contributed by atoms with van der Waals surface area (Å²) in [6.07, 6.45) is 0.917. The van der Waals surface area contributed by atoms with Crippen LogP contribution in [0.3, 0.4) is 0 Å². The Hall–Kier alpha value is -0.640. The van der Waals surface area contributed by atoms with Gasteiger partial charge < -0.3 is 10.1 Å². The molecule has 1 N–H and O–H groups in total.